The van der Waals surface area contributed by atoms with Gasteiger partial charge in [0.25, 0.3) is 0 Å². The van der Waals surface area contributed by atoms with Crippen molar-refractivity contribution in [3.05, 3.63) is 53.6 Å². The molecule has 0 atom stereocenters. The van der Waals surface area contributed by atoms with Crippen molar-refractivity contribution in [1.29, 1.82) is 0 Å². The van der Waals surface area contributed by atoms with Crippen molar-refractivity contribution in [1.82, 2.24) is 0 Å². The summed E-state index contributed by atoms with van der Waals surface area (Å²) >= 11 is 1.29. The number of aryl methyl sites for hydroxylation is 1. The number of carbonyl (C=O) groups excluding carboxylic acids is 2. The first-order chi connectivity index (χ1) is 13.7. The van der Waals surface area contributed by atoms with Crippen molar-refractivity contribution in [3.63, 3.8) is 0 Å². The van der Waals surface area contributed by atoms with Crippen molar-refractivity contribution in [2.45, 2.75) is 24.7 Å². The first kappa shape index (κ1) is 22.0. The molecule has 2 rings (SSSR count). The lowest BCUT2D eigenvalue weighted by Gasteiger charge is -2.10. The number of benzene rings is 2. The molecular weight excluding hydrogens is 396 g/mol. The molecule has 0 saturated heterocycles. The van der Waals surface area contributed by atoms with E-state index in [0.29, 0.717) is 11.4 Å². The van der Waals surface area contributed by atoms with Crippen LogP contribution in [-0.4, -0.2) is 39.7 Å². The number of aromatic carboxylic acids is 1. The molecule has 0 aliphatic heterocycles. The van der Waals surface area contributed by atoms with Crippen LogP contribution < -0.4 is 10.6 Å². The van der Waals surface area contributed by atoms with Gasteiger partial charge in [0.2, 0.25) is 11.8 Å². The van der Waals surface area contributed by atoms with Gasteiger partial charge in [-0.3, -0.25) is 14.4 Å². The molecule has 0 unspecified atom stereocenters. The zero-order valence-corrected chi connectivity index (χ0v) is 16.4. The van der Waals surface area contributed by atoms with Gasteiger partial charge in [-0.15, -0.1) is 11.8 Å². The second-order valence-corrected chi connectivity index (χ2v) is 7.19. The normalized spacial score (nSPS) is 10.2. The van der Waals surface area contributed by atoms with Crippen LogP contribution in [0.1, 0.15) is 28.8 Å². The van der Waals surface area contributed by atoms with Crippen molar-refractivity contribution >= 4 is 46.9 Å². The van der Waals surface area contributed by atoms with Crippen LogP contribution in [0.4, 0.5) is 11.4 Å². The van der Waals surface area contributed by atoms with Crippen LogP contribution in [-0.2, 0) is 14.4 Å². The van der Waals surface area contributed by atoms with E-state index in [1.165, 1.54) is 23.9 Å². The number of anilines is 2. The molecule has 152 valence electrons. The molecule has 2 amide bonds. The third kappa shape index (κ3) is 7.30. The minimum absolute atomic E-state index is 0.0968. The van der Waals surface area contributed by atoms with Crippen LogP contribution >= 0.6 is 11.8 Å². The molecule has 0 fully saturated rings. The van der Waals surface area contributed by atoms with Gasteiger partial charge in [-0.2, -0.15) is 0 Å². The quantitative estimate of drug-likeness (QED) is 0.461. The number of carbonyl (C=O) groups is 4. The molecule has 0 saturated carbocycles. The molecular formula is C20H20N2O6S. The summed E-state index contributed by atoms with van der Waals surface area (Å²) in [6, 6.07) is 11.3. The Bertz CT molecular complexity index is 927. The number of hydrogen-bond donors (Lipinski definition) is 4. The summed E-state index contributed by atoms with van der Waals surface area (Å²) in [5, 5.41) is 22.9. The summed E-state index contributed by atoms with van der Waals surface area (Å²) in [6.45, 7) is 1.78. The molecule has 0 aromatic heterocycles. The Kier molecular flexibility index (Phi) is 7.79. The lowest BCUT2D eigenvalue weighted by Crippen LogP contribution is -2.15. The number of thioether (sulfide) groups is 1. The average molecular weight is 416 g/mol. The van der Waals surface area contributed by atoms with E-state index in [2.05, 4.69) is 10.6 Å². The van der Waals surface area contributed by atoms with E-state index in [4.69, 9.17) is 10.2 Å². The van der Waals surface area contributed by atoms with Crippen LogP contribution in [0.2, 0.25) is 0 Å². The van der Waals surface area contributed by atoms with E-state index in [1.54, 1.807) is 37.3 Å². The van der Waals surface area contributed by atoms with E-state index in [-0.39, 0.29) is 36.0 Å². The lowest BCUT2D eigenvalue weighted by molar-refractivity contribution is -0.138. The third-order valence-electron chi connectivity index (χ3n) is 3.83. The van der Waals surface area contributed by atoms with Crippen LogP contribution in [0.25, 0.3) is 0 Å². The summed E-state index contributed by atoms with van der Waals surface area (Å²) in [5.41, 5.74) is 1.85. The van der Waals surface area contributed by atoms with Gasteiger partial charge in [0, 0.05) is 22.7 Å². The smallest absolute Gasteiger partial charge is 0.335 e. The van der Waals surface area contributed by atoms with Gasteiger partial charge in [-0.05, 0) is 48.9 Å². The first-order valence-electron chi connectivity index (χ1n) is 8.63. The van der Waals surface area contributed by atoms with Gasteiger partial charge < -0.3 is 20.8 Å². The second-order valence-electron chi connectivity index (χ2n) is 6.14. The highest BCUT2D eigenvalue weighted by Gasteiger charge is 2.10. The van der Waals surface area contributed by atoms with E-state index in [0.717, 1.165) is 10.5 Å². The third-order valence-corrected chi connectivity index (χ3v) is 4.84. The van der Waals surface area contributed by atoms with E-state index in [9.17, 15) is 19.2 Å². The molecule has 0 bridgehead atoms. The highest BCUT2D eigenvalue weighted by atomic mass is 32.2. The maximum atomic E-state index is 12.2. The Morgan fingerprint density at radius 3 is 2.21 bits per heavy atom. The number of carboxylic acid groups (broad SMARTS) is 2. The van der Waals surface area contributed by atoms with Crippen LogP contribution in [0, 0.1) is 6.92 Å². The Hall–Kier alpha value is -3.33. The van der Waals surface area contributed by atoms with Gasteiger partial charge in [0.05, 0.1) is 17.7 Å². The predicted octanol–water partition coefficient (Wildman–Crippen LogP) is 3.23. The van der Waals surface area contributed by atoms with Gasteiger partial charge in [0.15, 0.2) is 0 Å². The molecule has 8 nitrogen and oxygen atoms in total. The second kappa shape index (κ2) is 10.3. The molecule has 9 heteroatoms. The van der Waals surface area contributed by atoms with Gasteiger partial charge in [-0.1, -0.05) is 6.07 Å². The summed E-state index contributed by atoms with van der Waals surface area (Å²) in [5.74, 6) is -2.63. The summed E-state index contributed by atoms with van der Waals surface area (Å²) in [4.78, 5) is 46.1. The van der Waals surface area contributed by atoms with E-state index in [1.807, 2.05) is 0 Å². The standard InChI is InChI=1S/C20H20N2O6S/c1-12-2-3-13(20(27)28)10-16(12)22-18(24)11-29-15-6-4-14(5-7-15)21-17(23)8-9-19(25)26/h2-7,10H,8-9,11H2,1H3,(H,21,23)(H,22,24)(H,25,26)(H,27,28). The molecule has 0 aliphatic carbocycles. The zero-order valence-electron chi connectivity index (χ0n) is 15.6. The topological polar surface area (TPSA) is 133 Å². The monoisotopic (exact) mass is 416 g/mol. The number of hydrogen-bond acceptors (Lipinski definition) is 5. The van der Waals surface area contributed by atoms with Crippen molar-refractivity contribution in [3.8, 4) is 0 Å². The van der Waals surface area contributed by atoms with Crippen molar-refractivity contribution in [2.24, 2.45) is 0 Å². The molecule has 29 heavy (non-hydrogen) atoms. The van der Waals surface area contributed by atoms with Crippen LogP contribution in [0.3, 0.4) is 0 Å². The molecule has 0 aliphatic rings. The molecule has 4 N–H and O–H groups in total. The molecule has 0 radical (unpaired) electrons. The number of nitrogens with one attached hydrogen (secondary N) is 2. The summed E-state index contributed by atoms with van der Waals surface area (Å²) < 4.78 is 0. The Morgan fingerprint density at radius 1 is 0.897 bits per heavy atom. The molecule has 0 heterocycles. The van der Waals surface area contributed by atoms with Crippen molar-refractivity contribution in [2.75, 3.05) is 16.4 Å². The molecule has 2 aromatic rings. The van der Waals surface area contributed by atoms with Gasteiger partial charge in [0.1, 0.15) is 0 Å². The SMILES string of the molecule is Cc1ccc(C(=O)O)cc1NC(=O)CSc1ccc(NC(=O)CCC(=O)O)cc1. The number of aliphatic carboxylic acids is 1. The highest BCUT2D eigenvalue weighted by molar-refractivity contribution is 8.00. The molecule has 2 aromatic carbocycles. The fourth-order valence-corrected chi connectivity index (χ4v) is 3.00. The fraction of sp³-hybridized carbons (Fsp3) is 0.200. The van der Waals surface area contributed by atoms with Gasteiger partial charge >= 0.3 is 11.9 Å². The van der Waals surface area contributed by atoms with Crippen LogP contribution in [0.5, 0.6) is 0 Å². The zero-order chi connectivity index (χ0) is 21.4. The largest absolute Gasteiger partial charge is 0.481 e. The Labute approximate surface area is 171 Å². The maximum absolute atomic E-state index is 12.2. The van der Waals surface area contributed by atoms with E-state index >= 15 is 0 Å². The number of rotatable bonds is 9. The lowest BCUT2D eigenvalue weighted by atomic mass is 10.1. The number of amides is 2. The van der Waals surface area contributed by atoms with Crippen LogP contribution in [0.15, 0.2) is 47.4 Å². The van der Waals surface area contributed by atoms with Gasteiger partial charge in [-0.25, -0.2) is 4.79 Å². The van der Waals surface area contributed by atoms with Crippen molar-refractivity contribution < 1.29 is 29.4 Å². The molecule has 0 spiro atoms. The number of carboxylic acids is 2. The summed E-state index contributed by atoms with van der Waals surface area (Å²) in [7, 11) is 0. The maximum Gasteiger partial charge on any atom is 0.335 e. The first-order valence-corrected chi connectivity index (χ1v) is 9.61. The summed E-state index contributed by atoms with van der Waals surface area (Å²) in [6.07, 6.45) is -0.335. The fourth-order valence-electron chi connectivity index (χ4n) is 2.30. The minimum Gasteiger partial charge on any atom is -0.481 e. The predicted molar refractivity (Wildman–Crippen MR) is 109 cm³/mol. The Balaban J connectivity index is 1.86. The minimum atomic E-state index is -1.06. The average Bonchev–Trinajstić information content (AvgIpc) is 2.67. The Morgan fingerprint density at radius 2 is 1.59 bits per heavy atom. The van der Waals surface area contributed by atoms with E-state index < -0.39 is 11.9 Å². The highest BCUT2D eigenvalue weighted by Crippen LogP contribution is 2.22.